The second kappa shape index (κ2) is 8.95. The third-order valence-corrected chi connectivity index (χ3v) is 4.52. The van der Waals surface area contributed by atoms with Gasteiger partial charge in [-0.15, -0.1) is 0 Å². The molecule has 2 amide bonds. The number of carbonyl (C=O) groups is 2. The quantitative estimate of drug-likeness (QED) is 0.693. The van der Waals surface area contributed by atoms with E-state index < -0.39 is 18.0 Å². The van der Waals surface area contributed by atoms with Crippen LogP contribution in [0.5, 0.6) is 0 Å². The van der Waals surface area contributed by atoms with Crippen LogP contribution in [-0.2, 0) is 16.1 Å². The number of likely N-dealkylation sites (N-methyl/N-ethyl adjacent to an activating group) is 1. The molecule has 1 unspecified atom stereocenters. The molecule has 1 aromatic heterocycles. The highest BCUT2D eigenvalue weighted by molar-refractivity contribution is 6.30. The summed E-state index contributed by atoms with van der Waals surface area (Å²) < 4.78 is 10.7. The molecule has 0 fully saturated rings. The molecule has 8 heteroatoms. The van der Waals surface area contributed by atoms with Crippen LogP contribution in [0, 0.1) is 0 Å². The van der Waals surface area contributed by atoms with E-state index in [1.54, 1.807) is 19.1 Å². The number of hydrogen-bond donors (Lipinski definition) is 2. The van der Waals surface area contributed by atoms with E-state index in [0.717, 1.165) is 5.56 Å². The van der Waals surface area contributed by atoms with Crippen molar-refractivity contribution in [2.24, 2.45) is 0 Å². The first-order valence-electron chi connectivity index (χ1n) is 8.92. The largest absolute Gasteiger partial charge is 0.467 e. The molecular weight excluding hydrogens is 382 g/mol. The number of hydrogen-bond acceptors (Lipinski definition) is 5. The van der Waals surface area contributed by atoms with E-state index in [4.69, 9.17) is 20.8 Å². The van der Waals surface area contributed by atoms with E-state index in [-0.39, 0.29) is 6.61 Å². The van der Waals surface area contributed by atoms with E-state index in [2.05, 4.69) is 10.6 Å². The first-order valence-corrected chi connectivity index (χ1v) is 9.29. The Labute approximate surface area is 168 Å². The molecule has 1 atom stereocenters. The topological polar surface area (TPSA) is 83.8 Å². The molecule has 1 aliphatic heterocycles. The van der Waals surface area contributed by atoms with Crippen LogP contribution in [0.25, 0.3) is 0 Å². The highest BCUT2D eigenvalue weighted by Gasteiger charge is 2.35. The molecule has 2 aromatic rings. The molecule has 2 heterocycles. The first-order chi connectivity index (χ1) is 13.5. The third kappa shape index (κ3) is 4.74. The van der Waals surface area contributed by atoms with Crippen molar-refractivity contribution in [2.45, 2.75) is 19.5 Å². The second-order valence-corrected chi connectivity index (χ2v) is 6.89. The number of carbonyl (C=O) groups excluding carboxylic acids is 2. The molecule has 0 saturated carbocycles. The fraction of sp³-hybridized carbons (Fsp3) is 0.300. The number of furan rings is 1. The van der Waals surface area contributed by atoms with E-state index in [1.165, 1.54) is 6.26 Å². The van der Waals surface area contributed by atoms with Crippen molar-refractivity contribution >= 4 is 23.6 Å². The van der Waals surface area contributed by atoms with E-state index >= 15 is 0 Å². The Hall–Kier alpha value is -2.77. The van der Waals surface area contributed by atoms with Gasteiger partial charge in [-0.1, -0.05) is 23.7 Å². The smallest absolute Gasteiger partial charge is 0.338 e. The summed E-state index contributed by atoms with van der Waals surface area (Å²) in [7, 11) is 1.90. The number of ether oxygens (including phenoxy) is 1. The maximum Gasteiger partial charge on any atom is 0.338 e. The molecule has 0 radical (unpaired) electrons. The number of nitrogens with zero attached hydrogens (tertiary/aromatic N) is 1. The van der Waals surface area contributed by atoms with Crippen LogP contribution >= 0.6 is 11.6 Å². The number of nitrogens with one attached hydrogen (secondary N) is 2. The molecule has 28 heavy (non-hydrogen) atoms. The standard InChI is InChI=1S/C20H22ClN3O4/c1-3-27-19(25)17-15(12-24(2)11-13-6-8-14(21)9-7-13)22-20(26)23-18(17)16-5-4-10-28-16/h4-10,18H,3,11-12H2,1-2H3,(H2,22,23,26). The molecule has 0 bridgehead atoms. The number of esters is 1. The number of amides is 2. The number of urea groups is 1. The zero-order valence-electron chi connectivity index (χ0n) is 15.7. The van der Waals surface area contributed by atoms with Gasteiger partial charge in [0.05, 0.1) is 18.4 Å². The van der Waals surface area contributed by atoms with Gasteiger partial charge in [0.15, 0.2) is 0 Å². The summed E-state index contributed by atoms with van der Waals surface area (Å²) >= 11 is 5.93. The Balaban J connectivity index is 1.87. The molecule has 7 nitrogen and oxygen atoms in total. The molecule has 1 aromatic carbocycles. The fourth-order valence-corrected chi connectivity index (χ4v) is 3.21. The highest BCUT2D eigenvalue weighted by atomic mass is 35.5. The molecule has 148 valence electrons. The van der Waals surface area contributed by atoms with Crippen LogP contribution in [-0.4, -0.2) is 37.1 Å². The molecule has 0 spiro atoms. The lowest BCUT2D eigenvalue weighted by atomic mass is 10.00. The Morgan fingerprint density at radius 3 is 2.64 bits per heavy atom. The summed E-state index contributed by atoms with van der Waals surface area (Å²) in [5.41, 5.74) is 1.88. The lowest BCUT2D eigenvalue weighted by Crippen LogP contribution is -2.48. The van der Waals surface area contributed by atoms with Crippen LogP contribution in [0.3, 0.4) is 0 Å². The summed E-state index contributed by atoms with van der Waals surface area (Å²) in [6, 6.07) is 9.84. The monoisotopic (exact) mass is 403 g/mol. The summed E-state index contributed by atoms with van der Waals surface area (Å²) in [6.07, 6.45) is 1.50. The molecule has 0 saturated heterocycles. The van der Waals surface area contributed by atoms with Crippen molar-refractivity contribution in [2.75, 3.05) is 20.2 Å². The van der Waals surface area contributed by atoms with Gasteiger partial charge in [0, 0.05) is 23.8 Å². The molecule has 2 N–H and O–H groups in total. The number of benzene rings is 1. The minimum Gasteiger partial charge on any atom is -0.467 e. The van der Waals surface area contributed by atoms with Gasteiger partial charge in [-0.25, -0.2) is 9.59 Å². The maximum atomic E-state index is 12.7. The summed E-state index contributed by atoms with van der Waals surface area (Å²) in [6.45, 7) is 2.93. The van der Waals surface area contributed by atoms with Gasteiger partial charge in [0.1, 0.15) is 11.8 Å². The number of halogens is 1. The van der Waals surface area contributed by atoms with Gasteiger partial charge in [0.25, 0.3) is 0 Å². The van der Waals surface area contributed by atoms with Gasteiger partial charge < -0.3 is 19.8 Å². The predicted molar refractivity (Wildman–Crippen MR) is 105 cm³/mol. The van der Waals surface area contributed by atoms with Crippen LogP contribution in [0.2, 0.25) is 5.02 Å². The molecule has 1 aliphatic rings. The van der Waals surface area contributed by atoms with E-state index in [0.29, 0.717) is 35.1 Å². The summed E-state index contributed by atoms with van der Waals surface area (Å²) in [4.78, 5) is 26.8. The first kappa shape index (κ1) is 20.0. The van der Waals surface area contributed by atoms with Crippen LogP contribution in [0.1, 0.15) is 24.3 Å². The zero-order valence-corrected chi connectivity index (χ0v) is 16.5. The van der Waals surface area contributed by atoms with E-state index in [1.807, 2.05) is 36.2 Å². The van der Waals surface area contributed by atoms with Gasteiger partial charge >= 0.3 is 12.0 Å². The minimum absolute atomic E-state index is 0.231. The zero-order chi connectivity index (χ0) is 20.1. The Morgan fingerprint density at radius 2 is 2.00 bits per heavy atom. The Morgan fingerprint density at radius 1 is 1.25 bits per heavy atom. The average molecular weight is 404 g/mol. The second-order valence-electron chi connectivity index (χ2n) is 6.46. The van der Waals surface area contributed by atoms with Crippen LogP contribution in [0.15, 0.2) is 58.3 Å². The molecular formula is C20H22ClN3O4. The van der Waals surface area contributed by atoms with Crippen molar-refractivity contribution in [3.8, 4) is 0 Å². The normalized spacial score (nSPS) is 16.7. The Kier molecular flexibility index (Phi) is 6.38. The average Bonchev–Trinajstić information content (AvgIpc) is 3.18. The maximum absolute atomic E-state index is 12.7. The summed E-state index contributed by atoms with van der Waals surface area (Å²) in [5.74, 6) is -0.0259. The van der Waals surface area contributed by atoms with Crippen molar-refractivity contribution in [3.63, 3.8) is 0 Å². The molecule has 0 aliphatic carbocycles. The lowest BCUT2D eigenvalue weighted by Gasteiger charge is -2.30. The molecule has 3 rings (SSSR count). The van der Waals surface area contributed by atoms with Gasteiger partial charge in [-0.05, 0) is 43.8 Å². The SMILES string of the molecule is CCOC(=O)C1=C(CN(C)Cc2ccc(Cl)cc2)NC(=O)NC1c1ccco1. The van der Waals surface area contributed by atoms with Crippen molar-refractivity contribution in [1.29, 1.82) is 0 Å². The third-order valence-electron chi connectivity index (χ3n) is 4.27. The fourth-order valence-electron chi connectivity index (χ4n) is 3.09. The predicted octanol–water partition coefficient (Wildman–Crippen LogP) is 3.24. The van der Waals surface area contributed by atoms with Crippen molar-refractivity contribution in [3.05, 3.63) is 70.3 Å². The van der Waals surface area contributed by atoms with E-state index in [9.17, 15) is 9.59 Å². The van der Waals surface area contributed by atoms with Crippen LogP contribution < -0.4 is 10.6 Å². The van der Waals surface area contributed by atoms with Crippen molar-refractivity contribution < 1.29 is 18.7 Å². The minimum atomic E-state index is -0.707. The van der Waals surface area contributed by atoms with Gasteiger partial charge in [0.2, 0.25) is 0 Å². The van der Waals surface area contributed by atoms with Crippen LogP contribution in [0.4, 0.5) is 4.79 Å². The Bertz CT molecular complexity index is 862. The summed E-state index contributed by atoms with van der Waals surface area (Å²) in [5, 5.41) is 6.15. The van der Waals surface area contributed by atoms with Gasteiger partial charge in [-0.2, -0.15) is 0 Å². The highest BCUT2D eigenvalue weighted by Crippen LogP contribution is 2.28. The lowest BCUT2D eigenvalue weighted by molar-refractivity contribution is -0.139. The number of rotatable bonds is 7. The van der Waals surface area contributed by atoms with Crippen molar-refractivity contribution in [1.82, 2.24) is 15.5 Å². The van der Waals surface area contributed by atoms with Gasteiger partial charge in [-0.3, -0.25) is 4.90 Å².